The number of hydrogen-bond acceptors (Lipinski definition) is 13. The summed E-state index contributed by atoms with van der Waals surface area (Å²) in [5, 5.41) is 21.8. The van der Waals surface area contributed by atoms with E-state index in [9.17, 15) is 9.90 Å². The summed E-state index contributed by atoms with van der Waals surface area (Å²) in [5.41, 5.74) is 3.35. The molecule has 0 saturated carbocycles. The molecular weight excluding hydrogens is 929 g/mol. The molecule has 3 aliphatic heterocycles. The monoisotopic (exact) mass is 976 g/mol. The lowest BCUT2D eigenvalue weighted by Gasteiger charge is -2.46. The number of carbonyl (C=O) groups is 4. The second kappa shape index (κ2) is 19.8. The van der Waals surface area contributed by atoms with E-state index >= 15 is 14.4 Å². The molecule has 73 heavy (non-hydrogen) atoms. The van der Waals surface area contributed by atoms with Crippen LogP contribution < -0.4 is 15.0 Å². The number of aromatic nitrogens is 5. The molecule has 3 aliphatic rings. The zero-order valence-electron chi connectivity index (χ0n) is 39.5. The Morgan fingerprint density at radius 3 is 2.33 bits per heavy atom. The molecule has 2 aromatic heterocycles. The summed E-state index contributed by atoms with van der Waals surface area (Å²) in [5.74, 6) is 3.23. The molecule has 5 heterocycles. The smallest absolute Gasteiger partial charge is 0.421 e. The second-order valence-corrected chi connectivity index (χ2v) is 17.8. The van der Waals surface area contributed by atoms with Crippen LogP contribution in [0.4, 0.5) is 10.5 Å². The highest BCUT2D eigenvalue weighted by Crippen LogP contribution is 2.66. The average Bonchev–Trinajstić information content (AvgIpc) is 4.18. The minimum Gasteiger partial charge on any atom is -0.491 e. The fraction of sp³-hybridized carbons (Fsp3) is 0.232. The Kier molecular flexibility index (Phi) is 12.7. The van der Waals surface area contributed by atoms with Gasteiger partial charge in [0.2, 0.25) is 11.8 Å². The van der Waals surface area contributed by atoms with Crippen molar-refractivity contribution >= 4 is 51.6 Å². The molecule has 366 valence electrons. The van der Waals surface area contributed by atoms with Gasteiger partial charge in [0, 0.05) is 18.2 Å². The lowest BCUT2D eigenvalue weighted by atomic mass is 9.65. The number of anilines is 1. The molecule has 0 aliphatic carbocycles. The van der Waals surface area contributed by atoms with E-state index in [1.54, 1.807) is 47.1 Å². The number of imide groups is 1. The summed E-state index contributed by atoms with van der Waals surface area (Å²) in [7, 11) is 1.46. The van der Waals surface area contributed by atoms with Crippen LogP contribution in [0.15, 0.2) is 152 Å². The number of cyclic esters (lactones) is 1. The third-order valence-electron chi connectivity index (χ3n) is 13.7. The predicted octanol–water partition coefficient (Wildman–Crippen LogP) is 6.50. The number of ether oxygens (including phenoxy) is 4. The van der Waals surface area contributed by atoms with E-state index in [0.29, 0.717) is 39.1 Å². The number of aliphatic hydroxyl groups is 1. The number of methoxy groups -OCH3 is 1. The van der Waals surface area contributed by atoms with Crippen LogP contribution in [0.25, 0.3) is 22.1 Å². The molecule has 3 N–H and O–H groups in total. The van der Waals surface area contributed by atoms with Crippen molar-refractivity contribution in [3.8, 4) is 17.6 Å². The molecule has 1 spiro atoms. The Bertz CT molecular complexity index is 3410. The Morgan fingerprint density at radius 1 is 0.822 bits per heavy atom. The van der Waals surface area contributed by atoms with Crippen LogP contribution in [-0.4, -0.2) is 98.4 Å². The van der Waals surface area contributed by atoms with Crippen LogP contribution in [0.2, 0.25) is 0 Å². The van der Waals surface area contributed by atoms with Gasteiger partial charge in [0.1, 0.15) is 54.4 Å². The van der Waals surface area contributed by atoms with Gasteiger partial charge in [-0.05, 0) is 65.2 Å². The Labute approximate surface area is 418 Å². The van der Waals surface area contributed by atoms with E-state index in [2.05, 4.69) is 32.5 Å². The highest BCUT2D eigenvalue weighted by Gasteiger charge is 2.76. The first-order chi connectivity index (χ1) is 35.8. The van der Waals surface area contributed by atoms with Crippen molar-refractivity contribution in [2.75, 3.05) is 38.4 Å². The van der Waals surface area contributed by atoms with Gasteiger partial charge in [-0.3, -0.25) is 19.3 Å². The normalized spacial score (nSPS) is 21.1. The average molecular weight is 977 g/mol. The summed E-state index contributed by atoms with van der Waals surface area (Å²) >= 11 is 0. The lowest BCUT2D eigenvalue weighted by Crippen LogP contribution is -2.55. The van der Waals surface area contributed by atoms with Gasteiger partial charge in [-0.2, -0.15) is 0 Å². The quantitative estimate of drug-likeness (QED) is 0.0643. The number of rotatable bonds is 13. The van der Waals surface area contributed by atoms with Gasteiger partial charge in [0.05, 0.1) is 60.0 Å². The summed E-state index contributed by atoms with van der Waals surface area (Å²) in [6.45, 7) is -0.584. The highest BCUT2D eigenvalue weighted by molar-refractivity contribution is 6.23. The summed E-state index contributed by atoms with van der Waals surface area (Å²) in [6.07, 6.45) is -1.98. The topological polar surface area (TPSA) is 203 Å². The van der Waals surface area contributed by atoms with Gasteiger partial charge >= 0.3 is 12.1 Å². The third-order valence-corrected chi connectivity index (χ3v) is 13.7. The molecule has 17 nitrogen and oxygen atoms in total. The molecule has 0 unspecified atom stereocenters. The molecule has 2 saturated heterocycles. The number of imidazole rings is 1. The molecule has 0 bridgehead atoms. The SMILES string of the molecule is COCCOC(=O)N1C(=O)[C@@]2(c3cc(C#CCn4nnc5ccccc54)ccc31)[C@H](c1ccccc1OCCO)N1[C@H](c3ccccc3)[C@H](c3ccccc3)OC(=O)[C@H]1[C@@H]2C(=O)NCc1nc2ccccc2[nH]1. The Balaban J connectivity index is 1.17. The molecule has 6 aromatic carbocycles. The summed E-state index contributed by atoms with van der Waals surface area (Å²) in [6, 6.07) is 42.1. The van der Waals surface area contributed by atoms with Crippen molar-refractivity contribution in [1.82, 2.24) is 35.2 Å². The van der Waals surface area contributed by atoms with Gasteiger partial charge in [-0.1, -0.05) is 120 Å². The second-order valence-electron chi connectivity index (χ2n) is 17.8. The minimum absolute atomic E-state index is 0.0354. The van der Waals surface area contributed by atoms with E-state index in [0.717, 1.165) is 15.9 Å². The molecule has 11 rings (SSSR count). The van der Waals surface area contributed by atoms with Crippen molar-refractivity contribution in [2.45, 2.75) is 42.7 Å². The maximum Gasteiger partial charge on any atom is 0.421 e. The van der Waals surface area contributed by atoms with E-state index in [-0.39, 0.29) is 56.5 Å². The zero-order valence-corrected chi connectivity index (χ0v) is 39.5. The Hall–Kier alpha value is -8.69. The van der Waals surface area contributed by atoms with E-state index in [1.807, 2.05) is 114 Å². The molecule has 6 atom stereocenters. The molecule has 8 aromatic rings. The number of nitrogens with one attached hydrogen (secondary N) is 2. The van der Waals surface area contributed by atoms with Crippen LogP contribution in [-0.2, 0) is 47.1 Å². The highest BCUT2D eigenvalue weighted by atomic mass is 16.6. The van der Waals surface area contributed by atoms with Crippen molar-refractivity contribution < 1.29 is 43.2 Å². The summed E-state index contributed by atoms with van der Waals surface area (Å²) < 4.78 is 25.6. The van der Waals surface area contributed by atoms with Gasteiger partial charge in [-0.15, -0.1) is 5.10 Å². The number of carbonyl (C=O) groups excluding carboxylic acids is 4. The maximum atomic E-state index is 16.6. The third kappa shape index (κ3) is 8.20. The first-order valence-electron chi connectivity index (χ1n) is 23.9. The first kappa shape index (κ1) is 46.7. The van der Waals surface area contributed by atoms with Crippen molar-refractivity contribution in [3.63, 3.8) is 0 Å². The molecule has 0 radical (unpaired) electrons. The van der Waals surface area contributed by atoms with E-state index in [4.69, 9.17) is 23.9 Å². The number of esters is 1. The van der Waals surface area contributed by atoms with Gasteiger partial charge in [-0.25, -0.2) is 19.4 Å². The number of amides is 3. The largest absolute Gasteiger partial charge is 0.491 e. The molecular formula is C56H48N8O9. The van der Waals surface area contributed by atoms with Gasteiger partial charge in [0.25, 0.3) is 0 Å². The number of para-hydroxylation sites is 4. The minimum atomic E-state index is -2.14. The number of nitrogens with zero attached hydrogens (tertiary/aromatic N) is 6. The first-order valence-corrected chi connectivity index (χ1v) is 23.9. The van der Waals surface area contributed by atoms with Gasteiger partial charge in [0.15, 0.2) is 0 Å². The fourth-order valence-electron chi connectivity index (χ4n) is 10.8. The van der Waals surface area contributed by atoms with Crippen LogP contribution in [0.5, 0.6) is 5.75 Å². The number of hydrogen-bond donors (Lipinski definition) is 3. The van der Waals surface area contributed by atoms with Crippen LogP contribution in [0.1, 0.15) is 51.8 Å². The summed E-state index contributed by atoms with van der Waals surface area (Å²) in [4.78, 5) is 73.6. The lowest BCUT2D eigenvalue weighted by molar-refractivity contribution is -0.178. The van der Waals surface area contributed by atoms with E-state index < -0.39 is 59.4 Å². The van der Waals surface area contributed by atoms with Crippen molar-refractivity contribution in [2.24, 2.45) is 5.92 Å². The predicted molar refractivity (Wildman–Crippen MR) is 267 cm³/mol. The van der Waals surface area contributed by atoms with Gasteiger partial charge < -0.3 is 34.4 Å². The van der Waals surface area contributed by atoms with E-state index in [1.165, 1.54) is 7.11 Å². The van der Waals surface area contributed by atoms with Crippen LogP contribution in [0, 0.1) is 17.8 Å². The number of H-pyrrole nitrogens is 1. The fourth-order valence-corrected chi connectivity index (χ4v) is 10.8. The molecule has 17 heteroatoms. The Morgan fingerprint density at radius 2 is 1.55 bits per heavy atom. The standard InChI is InChI=1S/C56H48N8O9/c1-70-31-32-72-55(69)63-43-27-26-35(15-14-28-62-44-24-12-11-23-42(44)60-61-62)33-39(43)56(54(63)68)47(52(66)57-34-46-58-40-21-9-10-22-41(40)59-46)49-53(67)73-50(37-18-6-3-7-19-37)48(36-16-4-2-5-17-36)64(49)51(56)38-20-8-13-25-45(38)71-30-29-65/h2-13,16-27,33,47-51,65H,28-32,34H2,1H3,(H,57,66)(H,58,59)/t47-,48-,49-,50+,51+,56-/m1/s1. The van der Waals surface area contributed by atoms with Crippen LogP contribution in [0.3, 0.4) is 0 Å². The van der Waals surface area contributed by atoms with Crippen LogP contribution >= 0.6 is 0 Å². The van der Waals surface area contributed by atoms with Crippen molar-refractivity contribution in [1.29, 1.82) is 0 Å². The van der Waals surface area contributed by atoms with Crippen molar-refractivity contribution in [3.05, 3.63) is 185 Å². The number of fused-ring (bicyclic) bond motifs is 5. The number of aliphatic hydroxyl groups excluding tert-OH is 1. The zero-order chi connectivity index (χ0) is 50.1. The number of morpholine rings is 1. The number of aromatic amines is 1. The molecule has 2 fully saturated rings. The number of benzene rings is 6. The molecule has 3 amide bonds. The maximum absolute atomic E-state index is 16.6.